The van der Waals surface area contributed by atoms with Crippen molar-refractivity contribution in [3.8, 4) is 0 Å². The molecule has 0 N–H and O–H groups in total. The van der Waals surface area contributed by atoms with Gasteiger partial charge in [0, 0.05) is 4.88 Å². The maximum atomic E-state index is 12.8. The second-order valence-corrected chi connectivity index (χ2v) is 5.35. The fourth-order valence-corrected chi connectivity index (χ4v) is 1.92. The molecule has 84 valence electrons. The van der Waals surface area contributed by atoms with Gasteiger partial charge in [-0.2, -0.15) is 13.2 Å². The fraction of sp³-hybridized carbons (Fsp3) is 0.455. The van der Waals surface area contributed by atoms with E-state index in [-0.39, 0.29) is 4.88 Å². The SMILES string of the molecule is CC(C)(C)/C=C(/c1cccs1)C(F)(F)F. The lowest BCUT2D eigenvalue weighted by molar-refractivity contribution is -0.0692. The molecule has 4 heteroatoms. The number of thiophene rings is 1. The van der Waals surface area contributed by atoms with Crippen LogP contribution in [0.15, 0.2) is 23.6 Å². The largest absolute Gasteiger partial charge is 0.417 e. The van der Waals surface area contributed by atoms with Crippen molar-refractivity contribution in [3.63, 3.8) is 0 Å². The summed E-state index contributed by atoms with van der Waals surface area (Å²) in [6.45, 7) is 5.27. The van der Waals surface area contributed by atoms with Crippen molar-refractivity contribution in [1.82, 2.24) is 0 Å². The molecule has 0 aliphatic rings. The van der Waals surface area contributed by atoms with E-state index in [1.807, 2.05) is 0 Å². The highest BCUT2D eigenvalue weighted by Gasteiger charge is 2.36. The molecule has 0 fully saturated rings. The van der Waals surface area contributed by atoms with Crippen LogP contribution in [0, 0.1) is 5.41 Å². The van der Waals surface area contributed by atoms with Crippen LogP contribution < -0.4 is 0 Å². The monoisotopic (exact) mass is 234 g/mol. The van der Waals surface area contributed by atoms with Gasteiger partial charge in [0.05, 0.1) is 5.57 Å². The van der Waals surface area contributed by atoms with E-state index < -0.39 is 17.2 Å². The van der Waals surface area contributed by atoms with Gasteiger partial charge in [0.15, 0.2) is 0 Å². The number of allylic oxidation sites excluding steroid dienone is 2. The maximum absolute atomic E-state index is 12.8. The van der Waals surface area contributed by atoms with E-state index in [4.69, 9.17) is 0 Å². The molecular weight excluding hydrogens is 221 g/mol. The van der Waals surface area contributed by atoms with Crippen molar-refractivity contribution < 1.29 is 13.2 Å². The van der Waals surface area contributed by atoms with Crippen molar-refractivity contribution >= 4 is 16.9 Å². The molecule has 1 aromatic heterocycles. The summed E-state index contributed by atoms with van der Waals surface area (Å²) >= 11 is 1.11. The summed E-state index contributed by atoms with van der Waals surface area (Å²) in [6.07, 6.45) is -3.00. The standard InChI is InChI=1S/C11H13F3S/c1-10(2,3)7-8(11(12,13)14)9-5-4-6-15-9/h4-7H,1-3H3/b8-7-. The molecule has 1 rings (SSSR count). The average Bonchev–Trinajstić information content (AvgIpc) is 2.47. The van der Waals surface area contributed by atoms with Crippen LogP contribution >= 0.6 is 11.3 Å². The van der Waals surface area contributed by atoms with Crippen molar-refractivity contribution in [2.75, 3.05) is 0 Å². The summed E-state index contributed by atoms with van der Waals surface area (Å²) < 4.78 is 38.3. The van der Waals surface area contributed by atoms with E-state index in [0.717, 1.165) is 11.3 Å². The van der Waals surface area contributed by atoms with Crippen molar-refractivity contribution in [2.45, 2.75) is 26.9 Å². The van der Waals surface area contributed by atoms with Gasteiger partial charge in [-0.15, -0.1) is 11.3 Å². The van der Waals surface area contributed by atoms with E-state index in [1.54, 1.807) is 32.2 Å². The van der Waals surface area contributed by atoms with Crippen molar-refractivity contribution in [1.29, 1.82) is 0 Å². The highest BCUT2D eigenvalue weighted by atomic mass is 32.1. The third kappa shape index (κ3) is 3.70. The third-order valence-corrected chi connectivity index (χ3v) is 2.57. The molecule has 1 aromatic rings. The first-order valence-corrected chi connectivity index (χ1v) is 5.42. The second-order valence-electron chi connectivity index (χ2n) is 4.40. The van der Waals surface area contributed by atoms with Gasteiger partial charge in [0.25, 0.3) is 0 Å². The summed E-state index contributed by atoms with van der Waals surface area (Å²) in [5, 5.41) is 1.65. The zero-order valence-corrected chi connectivity index (χ0v) is 9.67. The predicted octanol–water partition coefficient (Wildman–Crippen LogP) is 4.74. The van der Waals surface area contributed by atoms with Gasteiger partial charge in [-0.1, -0.05) is 32.9 Å². The number of rotatable bonds is 1. The maximum Gasteiger partial charge on any atom is 0.417 e. The van der Waals surface area contributed by atoms with Gasteiger partial charge in [-0.05, 0) is 16.9 Å². The number of alkyl halides is 3. The number of hydrogen-bond donors (Lipinski definition) is 0. The van der Waals surface area contributed by atoms with Gasteiger partial charge >= 0.3 is 6.18 Å². The molecule has 0 aromatic carbocycles. The van der Waals surface area contributed by atoms with Crippen LogP contribution in [-0.4, -0.2) is 6.18 Å². The Morgan fingerprint density at radius 1 is 1.27 bits per heavy atom. The molecule has 0 radical (unpaired) electrons. The fourth-order valence-electron chi connectivity index (χ4n) is 1.16. The quantitative estimate of drug-likeness (QED) is 0.658. The lowest BCUT2D eigenvalue weighted by Gasteiger charge is -2.17. The lowest BCUT2D eigenvalue weighted by Crippen LogP contribution is -2.13. The average molecular weight is 234 g/mol. The van der Waals surface area contributed by atoms with Gasteiger partial charge < -0.3 is 0 Å². The molecule has 1 heterocycles. The lowest BCUT2D eigenvalue weighted by atomic mass is 9.93. The first kappa shape index (κ1) is 12.3. The molecule has 0 bridgehead atoms. The Morgan fingerprint density at radius 3 is 2.20 bits per heavy atom. The molecule has 0 nitrogen and oxygen atoms in total. The number of halogens is 3. The molecular formula is C11H13F3S. The smallest absolute Gasteiger partial charge is 0.166 e. The molecule has 0 atom stereocenters. The Bertz CT molecular complexity index is 339. The molecule has 0 spiro atoms. The summed E-state index contributed by atoms with van der Waals surface area (Å²) in [5.74, 6) is 0. The molecule has 0 saturated carbocycles. The molecule has 0 amide bonds. The van der Waals surface area contributed by atoms with Crippen LogP contribution in [0.3, 0.4) is 0 Å². The van der Waals surface area contributed by atoms with Crippen LogP contribution in [-0.2, 0) is 0 Å². The number of hydrogen-bond acceptors (Lipinski definition) is 1. The summed E-state index contributed by atoms with van der Waals surface area (Å²) in [7, 11) is 0. The highest BCUT2D eigenvalue weighted by Crippen LogP contribution is 2.38. The molecule has 15 heavy (non-hydrogen) atoms. The topological polar surface area (TPSA) is 0 Å². The third-order valence-electron chi connectivity index (χ3n) is 1.67. The second kappa shape index (κ2) is 4.00. The predicted molar refractivity (Wildman–Crippen MR) is 57.8 cm³/mol. The van der Waals surface area contributed by atoms with E-state index in [2.05, 4.69) is 0 Å². The Balaban J connectivity index is 3.17. The minimum Gasteiger partial charge on any atom is -0.166 e. The Kier molecular flexibility index (Phi) is 3.28. The van der Waals surface area contributed by atoms with Gasteiger partial charge in [-0.25, -0.2) is 0 Å². The molecule has 0 unspecified atom stereocenters. The van der Waals surface area contributed by atoms with Crippen LogP contribution in [0.4, 0.5) is 13.2 Å². The van der Waals surface area contributed by atoms with E-state index in [1.165, 1.54) is 12.1 Å². The zero-order chi connectivity index (χ0) is 11.7. The van der Waals surface area contributed by atoms with Crippen LogP contribution in [0.1, 0.15) is 25.6 Å². The van der Waals surface area contributed by atoms with Gasteiger partial charge in [0.1, 0.15) is 0 Å². The molecule has 0 aliphatic carbocycles. The van der Waals surface area contributed by atoms with Crippen LogP contribution in [0.25, 0.3) is 5.57 Å². The minimum absolute atomic E-state index is 0.275. The summed E-state index contributed by atoms with van der Waals surface area (Å²) in [4.78, 5) is 0.275. The summed E-state index contributed by atoms with van der Waals surface area (Å²) in [6, 6.07) is 3.12. The minimum atomic E-state index is -4.28. The highest BCUT2D eigenvalue weighted by molar-refractivity contribution is 7.11. The molecule has 0 aliphatic heterocycles. The zero-order valence-electron chi connectivity index (χ0n) is 8.85. The Morgan fingerprint density at radius 2 is 1.87 bits per heavy atom. The normalized spacial score (nSPS) is 14.4. The van der Waals surface area contributed by atoms with Gasteiger partial charge in [-0.3, -0.25) is 0 Å². The Labute approximate surface area is 91.4 Å². The Hall–Kier alpha value is -0.770. The van der Waals surface area contributed by atoms with E-state index in [9.17, 15) is 13.2 Å². The van der Waals surface area contributed by atoms with Crippen molar-refractivity contribution in [3.05, 3.63) is 28.5 Å². The summed E-state index contributed by atoms with van der Waals surface area (Å²) in [5.41, 5.74) is -1.01. The van der Waals surface area contributed by atoms with Crippen LogP contribution in [0.2, 0.25) is 0 Å². The molecule has 0 saturated heterocycles. The van der Waals surface area contributed by atoms with E-state index >= 15 is 0 Å². The van der Waals surface area contributed by atoms with E-state index in [0.29, 0.717) is 0 Å². The van der Waals surface area contributed by atoms with Gasteiger partial charge in [0.2, 0.25) is 0 Å². The van der Waals surface area contributed by atoms with Crippen LogP contribution in [0.5, 0.6) is 0 Å². The first-order chi connectivity index (χ1) is 6.70. The first-order valence-electron chi connectivity index (χ1n) is 4.54. The van der Waals surface area contributed by atoms with Crippen molar-refractivity contribution in [2.24, 2.45) is 5.41 Å².